The van der Waals surface area contributed by atoms with Crippen molar-refractivity contribution < 1.29 is 26.4 Å². The van der Waals surface area contributed by atoms with Crippen LogP contribution in [0.3, 0.4) is 0 Å². The predicted octanol–water partition coefficient (Wildman–Crippen LogP) is 2.18. The summed E-state index contributed by atoms with van der Waals surface area (Å²) in [4.78, 5) is 4.80. The van der Waals surface area contributed by atoms with E-state index in [1.54, 1.807) is 9.65 Å². The monoisotopic (exact) mass is 400 g/mol. The fourth-order valence-electron chi connectivity index (χ4n) is 0.952. The third kappa shape index (κ3) is 15.3. The molecule has 2 aromatic carbocycles. The van der Waals surface area contributed by atoms with Crippen LogP contribution < -0.4 is 3.58 Å². The van der Waals surface area contributed by atoms with E-state index in [9.17, 15) is 0 Å². The zero-order chi connectivity index (χ0) is 14.2. The van der Waals surface area contributed by atoms with Crippen LogP contribution in [-0.2, 0) is 26.4 Å². The van der Waals surface area contributed by atoms with Gasteiger partial charge in [0.05, 0.1) is 0 Å². The quantitative estimate of drug-likeness (QED) is 0.401. The van der Waals surface area contributed by atoms with Crippen LogP contribution in [-0.4, -0.2) is 19.8 Å². The smallest absolute Gasteiger partial charge is 0 e. The van der Waals surface area contributed by atoms with Crippen molar-refractivity contribution in [2.75, 3.05) is 0 Å². The van der Waals surface area contributed by atoms with Crippen LogP contribution in [0.4, 0.5) is 0 Å². The zero-order valence-electron chi connectivity index (χ0n) is 10.6. The van der Waals surface area contributed by atoms with Gasteiger partial charge in [0.2, 0.25) is 0 Å². The van der Waals surface area contributed by atoms with E-state index in [1.807, 2.05) is 0 Å². The van der Waals surface area contributed by atoms with Gasteiger partial charge in [-0.15, -0.1) is 0 Å². The topological polar surface area (TPSA) is 39.8 Å². The Hall–Kier alpha value is -0.632. The van der Waals surface area contributed by atoms with Crippen LogP contribution >= 0.6 is 0 Å². The Morgan fingerprint density at radius 3 is 1.58 bits per heavy atom. The minimum Gasteiger partial charge on any atom is -0.999 e. The Morgan fingerprint density at radius 1 is 0.947 bits per heavy atom. The molecule has 0 aromatic heterocycles. The summed E-state index contributed by atoms with van der Waals surface area (Å²) >= 11 is -1.02. The molecule has 2 nitrogen and oxygen atoms in total. The third-order valence-electron chi connectivity index (χ3n) is 1.70. The summed E-state index contributed by atoms with van der Waals surface area (Å²) in [7, 11) is 0. The fourth-order valence-corrected chi connectivity index (χ4v) is 3.40. The molecular formula is C15H12FeO2Sn-5. The van der Waals surface area contributed by atoms with Gasteiger partial charge in [-0.25, -0.2) is 0 Å². The van der Waals surface area contributed by atoms with Crippen molar-refractivity contribution in [3.05, 3.63) is 74.0 Å². The predicted molar refractivity (Wildman–Crippen MR) is 68.8 cm³/mol. The van der Waals surface area contributed by atoms with Crippen molar-refractivity contribution in [3.8, 4) is 0 Å². The first-order valence-corrected chi connectivity index (χ1v) is 12.0. The van der Waals surface area contributed by atoms with Gasteiger partial charge >= 0.3 is 86.2 Å². The normalized spacial score (nSPS) is 7.11. The molecule has 0 spiro atoms. The molecule has 0 amide bonds. The van der Waals surface area contributed by atoms with Crippen LogP contribution in [0, 0.1) is 37.6 Å². The van der Waals surface area contributed by atoms with Gasteiger partial charge in [0.1, 0.15) is 0 Å². The van der Waals surface area contributed by atoms with Crippen molar-refractivity contribution in [2.24, 2.45) is 0 Å². The van der Waals surface area contributed by atoms with Crippen LogP contribution in [0.2, 0.25) is 9.88 Å². The summed E-state index contributed by atoms with van der Waals surface area (Å²) < 4.78 is 16.6. The standard InChI is InChI=1S/C6H5.C5H.2CO.2CH3.Fe.Sn/c1-2-4-6-5-3-1;1-2-4-5-3-1;2*1-2;;;;/h1-5H;1H;;;2*1H3;;/q;-5;;;;;;. The Balaban J connectivity index is -0.000000220. The van der Waals surface area contributed by atoms with E-state index < -0.39 is 19.8 Å². The Kier molecular flexibility index (Phi) is 24.3. The van der Waals surface area contributed by atoms with Gasteiger partial charge in [0.25, 0.3) is 0 Å². The van der Waals surface area contributed by atoms with E-state index in [1.165, 1.54) is 0 Å². The van der Waals surface area contributed by atoms with Gasteiger partial charge in [0.15, 0.2) is 0 Å². The zero-order valence-corrected chi connectivity index (χ0v) is 14.6. The molecule has 0 heterocycles. The summed E-state index contributed by atoms with van der Waals surface area (Å²) in [6.07, 6.45) is 0. The molecule has 101 valence electrons. The molecule has 4 heteroatoms. The summed E-state index contributed by atoms with van der Waals surface area (Å²) in [5.74, 6) is 0. The van der Waals surface area contributed by atoms with Crippen molar-refractivity contribution in [1.82, 2.24) is 0 Å². The Bertz CT molecular complexity index is 371. The van der Waals surface area contributed by atoms with Crippen LogP contribution in [0.15, 0.2) is 36.4 Å². The Labute approximate surface area is 133 Å². The maximum Gasteiger partial charge on any atom is 0 e. The van der Waals surface area contributed by atoms with Crippen LogP contribution in [0.1, 0.15) is 0 Å². The summed E-state index contributed by atoms with van der Waals surface area (Å²) in [5.41, 5.74) is 0. The molecule has 0 saturated heterocycles. The molecule has 0 aliphatic heterocycles. The largest absolute Gasteiger partial charge is 0.999 e. The molecule has 0 fully saturated rings. The van der Waals surface area contributed by atoms with Gasteiger partial charge in [-0.2, -0.15) is 0 Å². The average Bonchev–Trinajstić information content (AvgIpc) is 3.03. The second kappa shape index (κ2) is 19.7. The molecule has 0 atom stereocenters. The SMILES string of the molecule is [C-]#[O+].[C-]#[O+].[CH3][Sn]([CH3])[c]1ccccc1.[Fe].[c-]1[c-][c-][cH-][c-]1. The van der Waals surface area contributed by atoms with Crippen molar-refractivity contribution in [2.45, 2.75) is 9.88 Å². The minimum absolute atomic E-state index is 0. The number of hydrogen-bond acceptors (Lipinski definition) is 0. The van der Waals surface area contributed by atoms with Crippen LogP contribution in [0.25, 0.3) is 0 Å². The van der Waals surface area contributed by atoms with E-state index in [0.717, 1.165) is 0 Å². The van der Waals surface area contributed by atoms with E-state index >= 15 is 0 Å². The van der Waals surface area contributed by atoms with E-state index in [2.05, 4.69) is 77.8 Å². The first-order valence-electron chi connectivity index (χ1n) is 4.90. The van der Waals surface area contributed by atoms with E-state index in [4.69, 9.17) is 9.30 Å². The second-order valence-corrected chi connectivity index (χ2v) is 10.4. The van der Waals surface area contributed by atoms with Gasteiger partial charge in [-0.3, -0.25) is 0 Å². The maximum atomic E-state index is 7.50. The molecule has 2 rings (SSSR count). The minimum atomic E-state index is -1.02. The summed E-state index contributed by atoms with van der Waals surface area (Å²) in [5, 5.41) is 0. The molecule has 0 unspecified atom stereocenters. The van der Waals surface area contributed by atoms with E-state index in [0.29, 0.717) is 0 Å². The molecule has 0 N–H and O–H groups in total. The van der Waals surface area contributed by atoms with Crippen molar-refractivity contribution in [1.29, 1.82) is 0 Å². The fraction of sp³-hybridized carbons (Fsp3) is 0.133. The summed E-state index contributed by atoms with van der Waals surface area (Å²) in [6.45, 7) is 9.00. The number of hydrogen-bond donors (Lipinski definition) is 0. The van der Waals surface area contributed by atoms with Gasteiger partial charge in [-0.05, 0) is 0 Å². The van der Waals surface area contributed by atoms with E-state index in [-0.39, 0.29) is 17.1 Å². The Morgan fingerprint density at radius 2 is 1.37 bits per heavy atom. The first kappa shape index (κ1) is 23.5. The number of benzene rings is 1. The molecule has 0 aliphatic carbocycles. The average molecular weight is 399 g/mol. The first-order chi connectivity index (χ1) is 8.80. The van der Waals surface area contributed by atoms with Gasteiger partial charge < -0.3 is 30.3 Å². The molecule has 2 aromatic rings. The van der Waals surface area contributed by atoms with Crippen LogP contribution in [0.5, 0.6) is 0 Å². The second-order valence-electron chi connectivity index (χ2n) is 3.05. The molecule has 0 bridgehead atoms. The number of rotatable bonds is 1. The molecule has 0 aliphatic rings. The summed E-state index contributed by atoms with van der Waals surface area (Å²) in [6, 6.07) is 22.8. The molecule has 0 saturated carbocycles. The molecule has 19 heavy (non-hydrogen) atoms. The van der Waals surface area contributed by atoms with Gasteiger partial charge in [-0.1, -0.05) is 0 Å². The van der Waals surface area contributed by atoms with Crippen molar-refractivity contribution >= 4 is 23.3 Å². The van der Waals surface area contributed by atoms with Crippen molar-refractivity contribution in [3.63, 3.8) is 0 Å². The maximum absolute atomic E-state index is 7.50. The van der Waals surface area contributed by atoms with Gasteiger partial charge in [0, 0.05) is 17.1 Å². The molecule has 1 radical (unpaired) electrons. The molecular weight excluding hydrogens is 387 g/mol. The third-order valence-corrected chi connectivity index (χ3v) is 5.95.